The molecule has 2 saturated heterocycles. The number of hydrogen-bond acceptors (Lipinski definition) is 5. The lowest BCUT2D eigenvalue weighted by atomic mass is 10.2. The first kappa shape index (κ1) is 16.7. The van der Waals surface area contributed by atoms with Crippen LogP contribution in [0.4, 0.5) is 10.5 Å². The molecule has 3 aliphatic rings. The summed E-state index contributed by atoms with van der Waals surface area (Å²) in [6.07, 6.45) is 8.40. The van der Waals surface area contributed by atoms with E-state index in [1.165, 1.54) is 12.8 Å². The lowest BCUT2D eigenvalue weighted by Crippen LogP contribution is -2.28. The van der Waals surface area contributed by atoms with Crippen LogP contribution in [0, 0.1) is 0 Å². The van der Waals surface area contributed by atoms with Gasteiger partial charge in [0.15, 0.2) is 0 Å². The van der Waals surface area contributed by atoms with Crippen molar-refractivity contribution in [3.05, 3.63) is 24.0 Å². The predicted molar refractivity (Wildman–Crippen MR) is 99.5 cm³/mol. The molecule has 0 spiro atoms. The first-order valence-electron chi connectivity index (χ1n) is 9.89. The molecule has 2 fully saturated rings. The number of nitrogens with zero attached hydrogens (tertiary/aromatic N) is 8. The molecule has 2 amide bonds. The summed E-state index contributed by atoms with van der Waals surface area (Å²) < 4.78 is 4.33. The fourth-order valence-electron chi connectivity index (χ4n) is 4.41. The standard InChI is InChI=1S/C18H26N8O/c1-22-8-9-24(18(22)27)15-10-19-26(12-15)14-5-7-23(11-14)13-17-21-20-16-4-2-3-6-25(16)17/h10,12,14H,2-9,11,13H2,1H3. The van der Waals surface area contributed by atoms with Crippen LogP contribution in [-0.4, -0.2) is 73.6 Å². The number of carbonyl (C=O) groups is 1. The number of amides is 2. The van der Waals surface area contributed by atoms with Gasteiger partial charge in [-0.3, -0.25) is 14.5 Å². The van der Waals surface area contributed by atoms with Crippen LogP contribution in [-0.2, 0) is 19.5 Å². The molecule has 0 saturated carbocycles. The second-order valence-corrected chi connectivity index (χ2v) is 7.85. The molecule has 2 aromatic heterocycles. The van der Waals surface area contributed by atoms with Crippen molar-refractivity contribution in [2.45, 2.75) is 44.8 Å². The van der Waals surface area contributed by atoms with Crippen LogP contribution in [0.5, 0.6) is 0 Å². The molecule has 9 nitrogen and oxygen atoms in total. The molecule has 1 atom stereocenters. The normalized spacial score (nSPS) is 23.4. The summed E-state index contributed by atoms with van der Waals surface area (Å²) in [5.41, 5.74) is 0.898. The van der Waals surface area contributed by atoms with Crippen molar-refractivity contribution < 1.29 is 4.79 Å². The second kappa shape index (κ2) is 6.63. The Hall–Kier alpha value is -2.42. The van der Waals surface area contributed by atoms with E-state index in [-0.39, 0.29) is 6.03 Å². The Balaban J connectivity index is 1.24. The van der Waals surface area contributed by atoms with E-state index in [0.717, 1.165) is 69.4 Å². The van der Waals surface area contributed by atoms with Gasteiger partial charge in [0, 0.05) is 52.4 Å². The smallest absolute Gasteiger partial charge is 0.324 e. The summed E-state index contributed by atoms with van der Waals surface area (Å²) in [5.74, 6) is 2.24. The summed E-state index contributed by atoms with van der Waals surface area (Å²) in [4.78, 5) is 18.2. The molecule has 144 valence electrons. The topological polar surface area (TPSA) is 75.3 Å². The number of urea groups is 1. The molecular formula is C18H26N8O. The van der Waals surface area contributed by atoms with Crippen LogP contribution >= 0.6 is 0 Å². The summed E-state index contributed by atoms with van der Waals surface area (Å²) in [5, 5.41) is 13.3. The number of hydrogen-bond donors (Lipinski definition) is 0. The Morgan fingerprint density at radius 3 is 2.93 bits per heavy atom. The number of rotatable bonds is 4. The van der Waals surface area contributed by atoms with Gasteiger partial charge in [0.2, 0.25) is 0 Å². The first-order chi connectivity index (χ1) is 13.2. The van der Waals surface area contributed by atoms with Gasteiger partial charge in [-0.1, -0.05) is 0 Å². The van der Waals surface area contributed by atoms with Crippen LogP contribution in [0.25, 0.3) is 0 Å². The fraction of sp³-hybridized carbons (Fsp3) is 0.667. The molecule has 0 aliphatic carbocycles. The van der Waals surface area contributed by atoms with E-state index >= 15 is 0 Å². The number of carbonyl (C=O) groups excluding carboxylic acids is 1. The Labute approximate surface area is 158 Å². The molecule has 27 heavy (non-hydrogen) atoms. The number of aryl methyl sites for hydroxylation is 1. The van der Waals surface area contributed by atoms with Crippen LogP contribution in [0.2, 0.25) is 0 Å². The maximum Gasteiger partial charge on any atom is 0.324 e. The Kier molecular flexibility index (Phi) is 4.11. The van der Waals surface area contributed by atoms with Crippen molar-refractivity contribution in [1.29, 1.82) is 0 Å². The quantitative estimate of drug-likeness (QED) is 0.806. The maximum atomic E-state index is 12.2. The molecule has 5 heterocycles. The van der Waals surface area contributed by atoms with E-state index in [0.29, 0.717) is 6.04 Å². The minimum atomic E-state index is 0.0548. The van der Waals surface area contributed by atoms with E-state index in [1.807, 2.05) is 24.1 Å². The zero-order chi connectivity index (χ0) is 18.4. The van der Waals surface area contributed by atoms with Crippen molar-refractivity contribution in [2.75, 3.05) is 38.1 Å². The van der Waals surface area contributed by atoms with E-state index in [4.69, 9.17) is 0 Å². The van der Waals surface area contributed by atoms with Gasteiger partial charge in [-0.2, -0.15) is 5.10 Å². The molecule has 3 aliphatic heterocycles. The highest BCUT2D eigenvalue weighted by Crippen LogP contribution is 2.26. The highest BCUT2D eigenvalue weighted by Gasteiger charge is 2.30. The van der Waals surface area contributed by atoms with Crippen LogP contribution in [0.3, 0.4) is 0 Å². The van der Waals surface area contributed by atoms with Gasteiger partial charge < -0.3 is 9.47 Å². The summed E-state index contributed by atoms with van der Waals surface area (Å²) in [7, 11) is 1.84. The van der Waals surface area contributed by atoms with Crippen molar-refractivity contribution in [1.82, 2.24) is 34.3 Å². The minimum Gasteiger partial charge on any atom is -0.326 e. The Morgan fingerprint density at radius 1 is 1.15 bits per heavy atom. The highest BCUT2D eigenvalue weighted by molar-refractivity contribution is 5.93. The van der Waals surface area contributed by atoms with Gasteiger partial charge in [0.25, 0.3) is 0 Å². The molecule has 0 bridgehead atoms. The van der Waals surface area contributed by atoms with Crippen LogP contribution in [0.15, 0.2) is 12.4 Å². The Bertz CT molecular complexity index is 842. The minimum absolute atomic E-state index is 0.0548. The zero-order valence-electron chi connectivity index (χ0n) is 15.8. The van der Waals surface area contributed by atoms with Gasteiger partial charge in [0.1, 0.15) is 11.6 Å². The van der Waals surface area contributed by atoms with Crippen LogP contribution in [0.1, 0.15) is 37.0 Å². The predicted octanol–water partition coefficient (Wildman–Crippen LogP) is 1.13. The van der Waals surface area contributed by atoms with Gasteiger partial charge >= 0.3 is 6.03 Å². The van der Waals surface area contributed by atoms with Gasteiger partial charge in [-0.05, 0) is 19.3 Å². The molecule has 2 aromatic rings. The number of likely N-dealkylation sites (N-methyl/N-ethyl adjacent to an activating group) is 1. The van der Waals surface area contributed by atoms with E-state index < -0.39 is 0 Å². The molecule has 0 N–H and O–H groups in total. The average molecular weight is 370 g/mol. The third kappa shape index (κ3) is 2.99. The largest absolute Gasteiger partial charge is 0.326 e. The monoisotopic (exact) mass is 370 g/mol. The summed E-state index contributed by atoms with van der Waals surface area (Å²) in [6.45, 7) is 5.40. The third-order valence-corrected chi connectivity index (χ3v) is 6.04. The maximum absolute atomic E-state index is 12.2. The summed E-state index contributed by atoms with van der Waals surface area (Å²) >= 11 is 0. The third-order valence-electron chi connectivity index (χ3n) is 6.04. The fourth-order valence-corrected chi connectivity index (χ4v) is 4.41. The van der Waals surface area contributed by atoms with E-state index in [1.54, 1.807) is 9.80 Å². The van der Waals surface area contributed by atoms with Crippen molar-refractivity contribution in [2.24, 2.45) is 0 Å². The van der Waals surface area contributed by atoms with Crippen LogP contribution < -0.4 is 4.90 Å². The summed E-state index contributed by atoms with van der Waals surface area (Å²) in [6, 6.07) is 0.400. The van der Waals surface area contributed by atoms with Gasteiger partial charge in [-0.15, -0.1) is 10.2 Å². The average Bonchev–Trinajstić information content (AvgIpc) is 3.45. The lowest BCUT2D eigenvalue weighted by molar-refractivity contribution is 0.229. The second-order valence-electron chi connectivity index (χ2n) is 7.85. The number of aromatic nitrogens is 5. The molecular weight excluding hydrogens is 344 g/mol. The van der Waals surface area contributed by atoms with Crippen molar-refractivity contribution in [3.63, 3.8) is 0 Å². The van der Waals surface area contributed by atoms with Crippen molar-refractivity contribution in [3.8, 4) is 0 Å². The first-order valence-corrected chi connectivity index (χ1v) is 9.89. The SMILES string of the molecule is CN1CCN(c2cnn(C3CCN(Cc4nnc5n4CCCC5)C3)c2)C1=O. The molecule has 0 radical (unpaired) electrons. The van der Waals surface area contributed by atoms with Gasteiger partial charge in [0.05, 0.1) is 24.5 Å². The molecule has 5 rings (SSSR count). The van der Waals surface area contributed by atoms with Crippen molar-refractivity contribution >= 4 is 11.7 Å². The molecule has 0 aromatic carbocycles. The molecule has 1 unspecified atom stereocenters. The van der Waals surface area contributed by atoms with E-state index in [9.17, 15) is 4.79 Å². The number of fused-ring (bicyclic) bond motifs is 1. The number of anilines is 1. The zero-order valence-corrected chi connectivity index (χ0v) is 15.8. The molecule has 9 heteroatoms. The number of likely N-dealkylation sites (tertiary alicyclic amines) is 1. The highest BCUT2D eigenvalue weighted by atomic mass is 16.2. The van der Waals surface area contributed by atoms with Gasteiger partial charge in [-0.25, -0.2) is 4.79 Å². The Morgan fingerprint density at radius 2 is 2.07 bits per heavy atom. The van der Waals surface area contributed by atoms with E-state index in [2.05, 4.69) is 24.8 Å². The lowest BCUT2D eigenvalue weighted by Gasteiger charge is -2.19.